The molecule has 0 bridgehead atoms. The predicted octanol–water partition coefficient (Wildman–Crippen LogP) is 5.28. The molecule has 0 aliphatic heterocycles. The van der Waals surface area contributed by atoms with Gasteiger partial charge in [-0.15, -0.1) is 0 Å². The van der Waals surface area contributed by atoms with E-state index in [0.29, 0.717) is 5.41 Å². The largest absolute Gasteiger partial charge is 0.0654 e. The van der Waals surface area contributed by atoms with Gasteiger partial charge in [-0.3, -0.25) is 0 Å². The van der Waals surface area contributed by atoms with Crippen LogP contribution in [0.2, 0.25) is 0 Å². The van der Waals surface area contributed by atoms with Crippen LogP contribution in [0.1, 0.15) is 73.6 Å². The van der Waals surface area contributed by atoms with Gasteiger partial charge in [-0.1, -0.05) is 67.2 Å². The molecule has 0 nitrogen and oxygen atoms in total. The Balaban J connectivity index is 3.81. The van der Waals surface area contributed by atoms with E-state index in [-0.39, 0.29) is 0 Å². The second-order valence-corrected chi connectivity index (χ2v) is 5.96. The zero-order valence-corrected chi connectivity index (χ0v) is 11.2. The van der Waals surface area contributed by atoms with Crippen LogP contribution in [0.15, 0.2) is 0 Å². The first kappa shape index (κ1) is 14.0. The summed E-state index contributed by atoms with van der Waals surface area (Å²) >= 11 is 0. The monoisotopic (exact) mass is 198 g/mol. The number of hydrogen-bond donors (Lipinski definition) is 0. The molecule has 0 heterocycles. The Hall–Kier alpha value is 0. The van der Waals surface area contributed by atoms with Gasteiger partial charge in [0.1, 0.15) is 0 Å². The number of rotatable bonds is 7. The molecular formula is C14H30. The van der Waals surface area contributed by atoms with Crippen molar-refractivity contribution >= 4 is 0 Å². The quantitative estimate of drug-likeness (QED) is 0.522. The summed E-state index contributed by atoms with van der Waals surface area (Å²) in [7, 11) is 0. The fourth-order valence-corrected chi connectivity index (χ4v) is 2.04. The van der Waals surface area contributed by atoms with Crippen molar-refractivity contribution in [1.29, 1.82) is 0 Å². The summed E-state index contributed by atoms with van der Waals surface area (Å²) in [4.78, 5) is 0. The van der Waals surface area contributed by atoms with E-state index in [9.17, 15) is 0 Å². The first-order valence-electron chi connectivity index (χ1n) is 6.40. The van der Waals surface area contributed by atoms with Crippen LogP contribution < -0.4 is 0 Å². The number of hydrogen-bond acceptors (Lipinski definition) is 0. The van der Waals surface area contributed by atoms with E-state index in [1.807, 2.05) is 0 Å². The lowest BCUT2D eigenvalue weighted by Crippen LogP contribution is -2.21. The lowest BCUT2D eigenvalue weighted by Gasteiger charge is -2.32. The summed E-state index contributed by atoms with van der Waals surface area (Å²) in [5.74, 6) is 1.74. The second kappa shape index (κ2) is 6.48. The van der Waals surface area contributed by atoms with Gasteiger partial charge in [-0.05, 0) is 23.7 Å². The topological polar surface area (TPSA) is 0 Å². The lowest BCUT2D eigenvalue weighted by atomic mass is 9.74. The lowest BCUT2D eigenvalue weighted by molar-refractivity contribution is 0.190. The molecule has 0 amide bonds. The Kier molecular flexibility index (Phi) is 6.48. The van der Waals surface area contributed by atoms with Crippen LogP contribution in [0.4, 0.5) is 0 Å². The highest BCUT2D eigenvalue weighted by Crippen LogP contribution is 2.35. The molecule has 14 heavy (non-hydrogen) atoms. The third kappa shape index (κ3) is 5.67. The Morgan fingerprint density at radius 1 is 1.00 bits per heavy atom. The van der Waals surface area contributed by atoms with Crippen molar-refractivity contribution in [2.75, 3.05) is 0 Å². The minimum Gasteiger partial charge on any atom is -0.0654 e. The Morgan fingerprint density at radius 3 is 2.00 bits per heavy atom. The fourth-order valence-electron chi connectivity index (χ4n) is 2.04. The molecule has 0 radical (unpaired) electrons. The molecule has 0 spiro atoms. The molecule has 0 saturated carbocycles. The van der Waals surface area contributed by atoms with Crippen LogP contribution in [-0.2, 0) is 0 Å². The minimum absolute atomic E-state index is 0.547. The summed E-state index contributed by atoms with van der Waals surface area (Å²) in [6.07, 6.45) is 6.90. The second-order valence-electron chi connectivity index (χ2n) is 5.96. The highest BCUT2D eigenvalue weighted by molar-refractivity contribution is 4.75. The Labute approximate surface area is 91.5 Å². The van der Waals surface area contributed by atoms with E-state index in [4.69, 9.17) is 0 Å². The third-order valence-electron chi connectivity index (χ3n) is 3.66. The van der Waals surface area contributed by atoms with E-state index >= 15 is 0 Å². The van der Waals surface area contributed by atoms with Crippen molar-refractivity contribution in [2.24, 2.45) is 17.3 Å². The predicted molar refractivity (Wildman–Crippen MR) is 66.5 cm³/mol. The Bertz CT molecular complexity index is 133. The average molecular weight is 198 g/mol. The van der Waals surface area contributed by atoms with Gasteiger partial charge in [0, 0.05) is 0 Å². The van der Waals surface area contributed by atoms with Crippen molar-refractivity contribution in [1.82, 2.24) is 0 Å². The normalized spacial score (nSPS) is 14.8. The van der Waals surface area contributed by atoms with Crippen molar-refractivity contribution in [2.45, 2.75) is 73.6 Å². The maximum atomic E-state index is 2.44. The molecule has 0 aliphatic rings. The van der Waals surface area contributed by atoms with Crippen LogP contribution in [-0.4, -0.2) is 0 Å². The fraction of sp³-hybridized carbons (Fsp3) is 1.00. The van der Waals surface area contributed by atoms with Gasteiger partial charge in [0.25, 0.3) is 0 Å². The zero-order valence-electron chi connectivity index (χ0n) is 11.2. The average Bonchev–Trinajstić information content (AvgIpc) is 2.03. The van der Waals surface area contributed by atoms with Crippen molar-refractivity contribution < 1.29 is 0 Å². The maximum Gasteiger partial charge on any atom is -0.0329 e. The third-order valence-corrected chi connectivity index (χ3v) is 3.66. The van der Waals surface area contributed by atoms with Crippen LogP contribution in [0.5, 0.6) is 0 Å². The van der Waals surface area contributed by atoms with Crippen molar-refractivity contribution in [3.05, 3.63) is 0 Å². The van der Waals surface area contributed by atoms with Gasteiger partial charge in [0.05, 0.1) is 0 Å². The summed E-state index contributed by atoms with van der Waals surface area (Å²) in [5, 5.41) is 0. The molecule has 0 N–H and O–H groups in total. The van der Waals surface area contributed by atoms with Gasteiger partial charge in [0.15, 0.2) is 0 Å². The Morgan fingerprint density at radius 2 is 1.57 bits per heavy atom. The summed E-state index contributed by atoms with van der Waals surface area (Å²) in [6.45, 7) is 14.2. The van der Waals surface area contributed by atoms with E-state index in [1.54, 1.807) is 0 Å². The van der Waals surface area contributed by atoms with Gasteiger partial charge in [-0.2, -0.15) is 0 Å². The molecule has 0 aromatic heterocycles. The van der Waals surface area contributed by atoms with Crippen LogP contribution in [0.3, 0.4) is 0 Å². The first-order chi connectivity index (χ1) is 6.40. The molecule has 0 saturated heterocycles. The summed E-state index contributed by atoms with van der Waals surface area (Å²) < 4.78 is 0. The molecule has 0 heteroatoms. The van der Waals surface area contributed by atoms with Crippen LogP contribution >= 0.6 is 0 Å². The molecule has 0 aromatic carbocycles. The van der Waals surface area contributed by atoms with Gasteiger partial charge < -0.3 is 0 Å². The van der Waals surface area contributed by atoms with E-state index in [2.05, 4.69) is 41.5 Å². The van der Waals surface area contributed by atoms with E-state index in [1.165, 1.54) is 32.1 Å². The summed E-state index contributed by atoms with van der Waals surface area (Å²) in [6, 6.07) is 0. The van der Waals surface area contributed by atoms with Crippen molar-refractivity contribution in [3.63, 3.8) is 0 Å². The van der Waals surface area contributed by atoms with E-state index < -0.39 is 0 Å². The molecule has 0 aromatic rings. The van der Waals surface area contributed by atoms with Crippen LogP contribution in [0.25, 0.3) is 0 Å². The van der Waals surface area contributed by atoms with Gasteiger partial charge in [0.2, 0.25) is 0 Å². The first-order valence-corrected chi connectivity index (χ1v) is 6.40. The molecule has 1 atom stereocenters. The van der Waals surface area contributed by atoms with Gasteiger partial charge >= 0.3 is 0 Å². The molecular weight excluding hydrogens is 168 g/mol. The maximum absolute atomic E-state index is 2.44. The van der Waals surface area contributed by atoms with E-state index in [0.717, 1.165) is 11.8 Å². The summed E-state index contributed by atoms with van der Waals surface area (Å²) in [5.41, 5.74) is 0.547. The smallest absolute Gasteiger partial charge is 0.0329 e. The standard InChI is InChI=1S/C14H30/c1-7-9-13(4)14(5,6)11-8-10-12(2)3/h12-13H,7-11H2,1-6H3. The van der Waals surface area contributed by atoms with Crippen LogP contribution in [0, 0.1) is 17.3 Å². The molecule has 86 valence electrons. The van der Waals surface area contributed by atoms with Crippen molar-refractivity contribution in [3.8, 4) is 0 Å². The SMILES string of the molecule is CCCC(C)C(C)(C)CCCC(C)C. The molecule has 0 rings (SSSR count). The molecule has 0 aliphatic carbocycles. The molecule has 0 fully saturated rings. The highest BCUT2D eigenvalue weighted by Gasteiger charge is 2.24. The minimum atomic E-state index is 0.547. The van der Waals surface area contributed by atoms with Gasteiger partial charge in [-0.25, -0.2) is 0 Å². The highest BCUT2D eigenvalue weighted by atomic mass is 14.3. The zero-order chi connectivity index (χ0) is 11.2. The molecule has 1 unspecified atom stereocenters.